The van der Waals surface area contributed by atoms with Gasteiger partial charge in [0.15, 0.2) is 0 Å². The van der Waals surface area contributed by atoms with E-state index in [-0.39, 0.29) is 0 Å². The van der Waals surface area contributed by atoms with E-state index in [9.17, 15) is 0 Å². The molecular weight excluding hydrogens is 184 g/mol. The van der Waals surface area contributed by atoms with E-state index >= 15 is 0 Å². The Morgan fingerprint density at radius 3 is 2.67 bits per heavy atom. The van der Waals surface area contributed by atoms with E-state index in [4.69, 9.17) is 6.42 Å². The summed E-state index contributed by atoms with van der Waals surface area (Å²) in [6.07, 6.45) is 9.59. The minimum atomic E-state index is 0.851. The first-order chi connectivity index (χ1) is 7.29. The lowest BCUT2D eigenvalue weighted by Crippen LogP contribution is -2.33. The van der Waals surface area contributed by atoms with Crippen molar-refractivity contribution in [2.45, 2.75) is 19.8 Å². The Balaban J connectivity index is 2.07. The predicted octanol–water partition coefficient (Wildman–Crippen LogP) is 2.30. The van der Waals surface area contributed by atoms with Gasteiger partial charge in [-0.2, -0.15) is 0 Å². The summed E-state index contributed by atoms with van der Waals surface area (Å²) in [4.78, 5) is 6.72. The van der Waals surface area contributed by atoms with Crippen molar-refractivity contribution in [3.63, 3.8) is 0 Å². The highest BCUT2D eigenvalue weighted by atomic mass is 15.2. The summed E-state index contributed by atoms with van der Waals surface area (Å²) < 4.78 is 0. The first-order valence-electron chi connectivity index (χ1n) is 5.47. The Morgan fingerprint density at radius 1 is 1.40 bits per heavy atom. The average Bonchev–Trinajstić information content (AvgIpc) is 2.30. The van der Waals surface area contributed by atoms with Gasteiger partial charge in [-0.15, -0.1) is 6.42 Å². The van der Waals surface area contributed by atoms with Gasteiger partial charge in [-0.1, -0.05) is 12.8 Å². The van der Waals surface area contributed by atoms with E-state index in [1.807, 2.05) is 12.1 Å². The molecule has 0 atom stereocenters. The lowest BCUT2D eigenvalue weighted by molar-refractivity contribution is 0.436. The fourth-order valence-corrected chi connectivity index (χ4v) is 1.90. The zero-order valence-electron chi connectivity index (χ0n) is 9.11. The summed E-state index contributed by atoms with van der Waals surface area (Å²) in [5, 5.41) is 0. The minimum absolute atomic E-state index is 0.851. The highest BCUT2D eigenvalue weighted by molar-refractivity contribution is 5.42. The quantitative estimate of drug-likeness (QED) is 0.647. The van der Waals surface area contributed by atoms with E-state index in [0.717, 1.165) is 30.4 Å². The van der Waals surface area contributed by atoms with E-state index < -0.39 is 0 Å². The fourth-order valence-electron chi connectivity index (χ4n) is 1.90. The first kappa shape index (κ1) is 10.0. The van der Waals surface area contributed by atoms with Gasteiger partial charge >= 0.3 is 0 Å². The average molecular weight is 200 g/mol. The molecule has 2 rings (SSSR count). The lowest BCUT2D eigenvalue weighted by atomic mass is 9.99. The van der Waals surface area contributed by atoms with Gasteiger partial charge in [-0.25, -0.2) is 4.98 Å². The number of rotatable bonds is 1. The summed E-state index contributed by atoms with van der Waals surface area (Å²) in [6, 6.07) is 3.98. The van der Waals surface area contributed by atoms with Crippen LogP contribution in [0.5, 0.6) is 0 Å². The van der Waals surface area contributed by atoms with Crippen LogP contribution >= 0.6 is 0 Å². The van der Waals surface area contributed by atoms with E-state index in [0.29, 0.717) is 0 Å². The van der Waals surface area contributed by atoms with Crippen LogP contribution < -0.4 is 4.90 Å². The molecule has 2 heterocycles. The minimum Gasteiger partial charge on any atom is -0.357 e. The maximum absolute atomic E-state index is 5.29. The van der Waals surface area contributed by atoms with Crippen molar-refractivity contribution < 1.29 is 0 Å². The van der Waals surface area contributed by atoms with Crippen molar-refractivity contribution in [3.05, 3.63) is 23.9 Å². The van der Waals surface area contributed by atoms with Crippen LogP contribution in [-0.4, -0.2) is 18.1 Å². The highest BCUT2D eigenvalue weighted by Gasteiger charge is 2.16. The zero-order chi connectivity index (χ0) is 10.7. The Kier molecular flexibility index (Phi) is 2.91. The molecule has 1 aromatic heterocycles. The molecule has 1 aliphatic heterocycles. The van der Waals surface area contributed by atoms with Gasteiger partial charge in [-0.3, -0.25) is 0 Å². The normalized spacial score (nSPS) is 17.5. The van der Waals surface area contributed by atoms with E-state index in [2.05, 4.69) is 22.7 Å². The first-order valence-corrected chi connectivity index (χ1v) is 5.47. The molecule has 0 N–H and O–H groups in total. The largest absolute Gasteiger partial charge is 0.357 e. The molecule has 15 heavy (non-hydrogen) atoms. The van der Waals surface area contributed by atoms with Gasteiger partial charge in [0.25, 0.3) is 0 Å². The zero-order valence-corrected chi connectivity index (χ0v) is 9.11. The molecule has 0 aromatic carbocycles. The number of hydrogen-bond acceptors (Lipinski definition) is 2. The van der Waals surface area contributed by atoms with Crippen LogP contribution in [0.1, 0.15) is 25.3 Å². The Labute approximate surface area is 91.3 Å². The van der Waals surface area contributed by atoms with Crippen LogP contribution in [0.25, 0.3) is 0 Å². The summed E-state index contributed by atoms with van der Waals surface area (Å²) in [5.41, 5.74) is 0.851. The number of pyridine rings is 1. The van der Waals surface area contributed by atoms with Crippen molar-refractivity contribution in [3.8, 4) is 12.3 Å². The molecule has 1 aromatic rings. The highest BCUT2D eigenvalue weighted by Crippen LogP contribution is 2.20. The second kappa shape index (κ2) is 4.35. The monoisotopic (exact) mass is 200 g/mol. The summed E-state index contributed by atoms with van der Waals surface area (Å²) in [5.74, 6) is 4.49. The molecule has 0 unspecified atom stereocenters. The second-order valence-electron chi connectivity index (χ2n) is 4.22. The van der Waals surface area contributed by atoms with Crippen molar-refractivity contribution >= 4 is 5.82 Å². The molecule has 2 nitrogen and oxygen atoms in total. The van der Waals surface area contributed by atoms with Crippen LogP contribution in [0.3, 0.4) is 0 Å². The van der Waals surface area contributed by atoms with E-state index in [1.54, 1.807) is 6.20 Å². The fraction of sp³-hybridized carbons (Fsp3) is 0.462. The number of aromatic nitrogens is 1. The van der Waals surface area contributed by atoms with Gasteiger partial charge in [0.2, 0.25) is 0 Å². The van der Waals surface area contributed by atoms with Crippen LogP contribution in [-0.2, 0) is 0 Å². The molecule has 0 radical (unpaired) electrons. The molecule has 78 valence electrons. The van der Waals surface area contributed by atoms with Crippen molar-refractivity contribution in [1.29, 1.82) is 0 Å². The topological polar surface area (TPSA) is 16.1 Å². The number of piperidine rings is 1. The van der Waals surface area contributed by atoms with Crippen molar-refractivity contribution in [2.75, 3.05) is 18.0 Å². The maximum Gasteiger partial charge on any atom is 0.128 e. The lowest BCUT2D eigenvalue weighted by Gasteiger charge is -2.31. The third kappa shape index (κ3) is 2.30. The molecule has 0 aliphatic carbocycles. The molecule has 0 saturated carbocycles. The number of hydrogen-bond donors (Lipinski definition) is 0. The Bertz CT molecular complexity index is 353. The molecule has 0 bridgehead atoms. The number of terminal acetylenes is 1. The summed E-state index contributed by atoms with van der Waals surface area (Å²) >= 11 is 0. The third-order valence-corrected chi connectivity index (χ3v) is 3.02. The predicted molar refractivity (Wildman–Crippen MR) is 62.8 cm³/mol. The number of nitrogens with zero attached hydrogens (tertiary/aromatic N) is 2. The molecule has 1 fully saturated rings. The van der Waals surface area contributed by atoms with Gasteiger partial charge in [0.1, 0.15) is 5.82 Å². The van der Waals surface area contributed by atoms with Crippen LogP contribution in [0.15, 0.2) is 18.3 Å². The number of anilines is 1. The maximum atomic E-state index is 5.29. The Hall–Kier alpha value is -1.49. The van der Waals surface area contributed by atoms with Crippen LogP contribution in [0.2, 0.25) is 0 Å². The van der Waals surface area contributed by atoms with Gasteiger partial charge in [0, 0.05) is 24.8 Å². The SMILES string of the molecule is C#Cc1ccc(N2CCC(C)CC2)nc1. The second-order valence-corrected chi connectivity index (χ2v) is 4.22. The molecule has 0 spiro atoms. The van der Waals surface area contributed by atoms with Gasteiger partial charge in [0.05, 0.1) is 0 Å². The van der Waals surface area contributed by atoms with Gasteiger partial charge < -0.3 is 4.90 Å². The molecule has 2 heteroatoms. The van der Waals surface area contributed by atoms with Crippen LogP contribution in [0, 0.1) is 18.3 Å². The molecular formula is C13H16N2. The smallest absolute Gasteiger partial charge is 0.128 e. The molecule has 1 saturated heterocycles. The molecule has 1 aliphatic rings. The van der Waals surface area contributed by atoms with Crippen molar-refractivity contribution in [1.82, 2.24) is 4.98 Å². The third-order valence-electron chi connectivity index (χ3n) is 3.02. The molecule has 0 amide bonds. The van der Waals surface area contributed by atoms with Crippen molar-refractivity contribution in [2.24, 2.45) is 5.92 Å². The summed E-state index contributed by atoms with van der Waals surface area (Å²) in [7, 11) is 0. The van der Waals surface area contributed by atoms with E-state index in [1.165, 1.54) is 12.8 Å². The standard InChI is InChI=1S/C13H16N2/c1-3-12-4-5-13(14-10-12)15-8-6-11(2)7-9-15/h1,4-5,10-11H,6-9H2,2H3. The summed E-state index contributed by atoms with van der Waals surface area (Å²) in [6.45, 7) is 4.54. The van der Waals surface area contributed by atoms with Gasteiger partial charge in [-0.05, 0) is 30.9 Å². The Morgan fingerprint density at radius 2 is 2.13 bits per heavy atom. The van der Waals surface area contributed by atoms with Crippen LogP contribution in [0.4, 0.5) is 5.82 Å².